The van der Waals surface area contributed by atoms with Crippen LogP contribution in [0.1, 0.15) is 42.0 Å². The van der Waals surface area contributed by atoms with Gasteiger partial charge in [0.2, 0.25) is 0 Å². The van der Waals surface area contributed by atoms with Gasteiger partial charge in [0.15, 0.2) is 9.84 Å². The zero-order valence-corrected chi connectivity index (χ0v) is 24.0. The Morgan fingerprint density at radius 3 is 2.13 bits per heavy atom. The van der Waals surface area contributed by atoms with Gasteiger partial charge in [0.1, 0.15) is 23.3 Å². The normalized spacial score (nSPS) is 12.3. The van der Waals surface area contributed by atoms with Crippen LogP contribution >= 0.6 is 0 Å². The van der Waals surface area contributed by atoms with E-state index in [1.807, 2.05) is 0 Å². The van der Waals surface area contributed by atoms with E-state index in [-0.39, 0.29) is 28.7 Å². The Balaban J connectivity index is 1.99. The summed E-state index contributed by atoms with van der Waals surface area (Å²) in [4.78, 5) is 12.6. The summed E-state index contributed by atoms with van der Waals surface area (Å²) < 4.78 is 138. The van der Waals surface area contributed by atoms with Crippen molar-refractivity contribution >= 4 is 9.84 Å². The third kappa shape index (κ3) is 7.25. The van der Waals surface area contributed by atoms with Crippen LogP contribution in [-0.2, 0) is 28.7 Å². The predicted octanol–water partition coefficient (Wildman–Crippen LogP) is 7.99. The standard InChI is InChI=1S/C31H22F8N2O3S/c1-2-3-9-45(43,44)24-12-21(11-22(13-24)30(34,35)36)18-5-4-6-19(10-18)28-15-26(31(37,38)39)25(16-40)29(42)41(28)17-20-7-8-23(32)14-27(20)33/h4-8,10-15H,2-3,9,17H2,1H3. The number of benzene rings is 3. The molecule has 5 nitrogen and oxygen atoms in total. The number of alkyl halides is 6. The first-order chi connectivity index (χ1) is 21.0. The monoisotopic (exact) mass is 654 g/mol. The lowest BCUT2D eigenvalue weighted by atomic mass is 9.98. The highest BCUT2D eigenvalue weighted by Gasteiger charge is 2.37. The Morgan fingerprint density at radius 2 is 1.53 bits per heavy atom. The van der Waals surface area contributed by atoms with Gasteiger partial charge in [-0.25, -0.2) is 17.2 Å². The van der Waals surface area contributed by atoms with Gasteiger partial charge in [-0.2, -0.15) is 31.6 Å². The van der Waals surface area contributed by atoms with Gasteiger partial charge >= 0.3 is 12.4 Å². The number of unbranched alkanes of at least 4 members (excludes halogenated alkanes) is 1. The molecule has 0 atom stereocenters. The number of aromatic nitrogens is 1. The van der Waals surface area contributed by atoms with Gasteiger partial charge in [-0.15, -0.1) is 0 Å². The van der Waals surface area contributed by atoms with E-state index in [4.69, 9.17) is 0 Å². The third-order valence-corrected chi connectivity index (χ3v) is 8.69. The van der Waals surface area contributed by atoms with Crippen molar-refractivity contribution in [3.63, 3.8) is 0 Å². The summed E-state index contributed by atoms with van der Waals surface area (Å²) >= 11 is 0. The van der Waals surface area contributed by atoms with Crippen molar-refractivity contribution < 1.29 is 43.5 Å². The molecule has 0 bridgehead atoms. The molecule has 45 heavy (non-hydrogen) atoms. The van der Waals surface area contributed by atoms with Crippen LogP contribution < -0.4 is 5.56 Å². The van der Waals surface area contributed by atoms with E-state index in [0.717, 1.165) is 24.3 Å². The Bertz CT molecular complexity index is 1970. The smallest absolute Gasteiger partial charge is 0.303 e. The Labute approximate surface area is 251 Å². The molecule has 0 amide bonds. The van der Waals surface area contributed by atoms with Crippen molar-refractivity contribution in [2.75, 3.05) is 5.75 Å². The summed E-state index contributed by atoms with van der Waals surface area (Å²) in [5.41, 5.74) is -6.84. The zero-order valence-electron chi connectivity index (χ0n) is 23.2. The molecule has 4 aromatic rings. The summed E-state index contributed by atoms with van der Waals surface area (Å²) in [7, 11) is -4.15. The second-order valence-corrected chi connectivity index (χ2v) is 12.2. The van der Waals surface area contributed by atoms with Gasteiger partial charge in [-0.3, -0.25) is 4.79 Å². The van der Waals surface area contributed by atoms with Crippen molar-refractivity contribution in [3.05, 3.63) is 111 Å². The summed E-state index contributed by atoms with van der Waals surface area (Å²) in [5, 5.41) is 9.41. The first kappa shape index (κ1) is 33.4. The molecule has 0 saturated heterocycles. The summed E-state index contributed by atoms with van der Waals surface area (Å²) in [6.07, 6.45) is -9.48. The van der Waals surface area contributed by atoms with Gasteiger partial charge in [0.05, 0.1) is 34.0 Å². The second-order valence-electron chi connectivity index (χ2n) is 10.1. The molecule has 0 aliphatic heterocycles. The summed E-state index contributed by atoms with van der Waals surface area (Å²) in [6, 6.07) is 11.1. The molecule has 0 unspecified atom stereocenters. The molecular weight excluding hydrogens is 632 g/mol. The van der Waals surface area contributed by atoms with Crippen LogP contribution in [0.3, 0.4) is 0 Å². The number of sulfone groups is 1. The molecule has 0 radical (unpaired) electrons. The maximum absolute atomic E-state index is 14.5. The maximum Gasteiger partial charge on any atom is 0.417 e. The van der Waals surface area contributed by atoms with Gasteiger partial charge < -0.3 is 4.57 Å². The van der Waals surface area contributed by atoms with E-state index >= 15 is 0 Å². The van der Waals surface area contributed by atoms with Crippen LogP contribution in [0.5, 0.6) is 0 Å². The van der Waals surface area contributed by atoms with E-state index in [0.29, 0.717) is 35.3 Å². The third-order valence-electron chi connectivity index (χ3n) is 6.91. The van der Waals surface area contributed by atoms with E-state index in [1.165, 1.54) is 24.3 Å². The van der Waals surface area contributed by atoms with Crippen molar-refractivity contribution in [2.45, 2.75) is 43.6 Å². The maximum atomic E-state index is 14.5. The lowest BCUT2D eigenvalue weighted by molar-refractivity contribution is -0.138. The molecule has 0 saturated carbocycles. The van der Waals surface area contributed by atoms with Crippen molar-refractivity contribution in [2.24, 2.45) is 0 Å². The van der Waals surface area contributed by atoms with Crippen molar-refractivity contribution in [1.82, 2.24) is 4.57 Å². The van der Waals surface area contributed by atoms with E-state index in [2.05, 4.69) is 0 Å². The number of pyridine rings is 1. The van der Waals surface area contributed by atoms with Crippen molar-refractivity contribution in [1.29, 1.82) is 5.26 Å². The Morgan fingerprint density at radius 1 is 0.844 bits per heavy atom. The Kier molecular flexibility index (Phi) is 9.25. The lowest BCUT2D eigenvalue weighted by Crippen LogP contribution is -2.29. The molecule has 0 N–H and O–H groups in total. The number of hydrogen-bond donors (Lipinski definition) is 0. The average Bonchev–Trinajstić information content (AvgIpc) is 2.97. The number of nitrogens with zero attached hydrogens (tertiary/aromatic N) is 2. The minimum Gasteiger partial charge on any atom is -0.303 e. The van der Waals surface area contributed by atoms with Gasteiger partial charge in [0, 0.05) is 11.6 Å². The molecule has 0 spiro atoms. The van der Waals surface area contributed by atoms with Gasteiger partial charge in [0.25, 0.3) is 5.56 Å². The summed E-state index contributed by atoms with van der Waals surface area (Å²) in [5.74, 6) is -2.50. The van der Waals surface area contributed by atoms with Gasteiger partial charge in [-0.1, -0.05) is 37.6 Å². The fraction of sp³-hybridized carbons (Fsp3) is 0.226. The number of nitriles is 1. The highest BCUT2D eigenvalue weighted by molar-refractivity contribution is 7.91. The molecule has 1 aromatic heterocycles. The molecule has 3 aromatic carbocycles. The number of rotatable bonds is 8. The molecule has 4 rings (SSSR count). The molecule has 0 aliphatic carbocycles. The minimum absolute atomic E-state index is 0.0459. The zero-order chi connectivity index (χ0) is 33.3. The lowest BCUT2D eigenvalue weighted by Gasteiger charge is -2.19. The minimum atomic E-state index is -5.18. The van der Waals surface area contributed by atoms with E-state index in [9.17, 15) is 53.6 Å². The predicted molar refractivity (Wildman–Crippen MR) is 149 cm³/mol. The number of hydrogen-bond acceptors (Lipinski definition) is 4. The highest BCUT2D eigenvalue weighted by Crippen LogP contribution is 2.38. The van der Waals surface area contributed by atoms with E-state index < -0.39 is 79.0 Å². The molecule has 236 valence electrons. The SMILES string of the molecule is CCCCS(=O)(=O)c1cc(-c2cccc(-c3cc(C(F)(F)F)c(C#N)c(=O)n3Cc3ccc(F)cc3F)c2)cc(C(F)(F)F)c1. The second kappa shape index (κ2) is 12.5. The Hall–Kier alpha value is -4.51. The van der Waals surface area contributed by atoms with Crippen LogP contribution in [0.2, 0.25) is 0 Å². The fourth-order valence-corrected chi connectivity index (χ4v) is 6.13. The van der Waals surface area contributed by atoms with Crippen LogP contribution in [-0.4, -0.2) is 18.7 Å². The summed E-state index contributed by atoms with van der Waals surface area (Å²) in [6.45, 7) is 0.969. The van der Waals surface area contributed by atoms with Crippen LogP contribution in [0.15, 0.2) is 76.4 Å². The van der Waals surface area contributed by atoms with E-state index in [1.54, 1.807) is 6.92 Å². The first-order valence-electron chi connectivity index (χ1n) is 13.2. The molecule has 0 aliphatic rings. The molecule has 1 heterocycles. The van der Waals surface area contributed by atoms with Gasteiger partial charge in [-0.05, 0) is 59.5 Å². The molecule has 0 fully saturated rings. The van der Waals surface area contributed by atoms with Crippen LogP contribution in [0.25, 0.3) is 22.4 Å². The van der Waals surface area contributed by atoms with Crippen molar-refractivity contribution in [3.8, 4) is 28.5 Å². The fourth-order valence-electron chi connectivity index (χ4n) is 4.61. The molecular formula is C31H22F8N2O3S. The number of halogens is 8. The quantitative estimate of drug-likeness (QED) is 0.181. The topological polar surface area (TPSA) is 79.9 Å². The average molecular weight is 655 g/mol. The highest BCUT2D eigenvalue weighted by atomic mass is 32.2. The first-order valence-corrected chi connectivity index (χ1v) is 14.9. The van der Waals surface area contributed by atoms with Crippen LogP contribution in [0.4, 0.5) is 35.1 Å². The molecule has 14 heteroatoms. The van der Waals surface area contributed by atoms with Crippen LogP contribution in [0, 0.1) is 23.0 Å². The largest absolute Gasteiger partial charge is 0.417 e.